The maximum atomic E-state index is 11.9. The zero-order chi connectivity index (χ0) is 16.3. The Morgan fingerprint density at radius 1 is 1.39 bits per heavy atom. The summed E-state index contributed by atoms with van der Waals surface area (Å²) in [6, 6.07) is 7.54. The van der Waals surface area contributed by atoms with E-state index >= 15 is 0 Å². The molecule has 0 amide bonds. The molecule has 0 aliphatic carbocycles. The molecular weight excluding hydrogens is 294 g/mol. The first-order valence-electron chi connectivity index (χ1n) is 7.78. The third-order valence-corrected chi connectivity index (χ3v) is 4.38. The van der Waals surface area contributed by atoms with Crippen molar-refractivity contribution in [3.63, 3.8) is 0 Å². The number of carboxylic acid groups (broad SMARTS) is 1. The number of hydrogen-bond acceptors (Lipinski definition) is 4. The van der Waals surface area contributed by atoms with Crippen LogP contribution in [0.15, 0.2) is 36.7 Å². The number of ether oxygens (including phenoxy) is 1. The monoisotopic (exact) mass is 315 g/mol. The number of carboxylic acids is 1. The van der Waals surface area contributed by atoms with Gasteiger partial charge in [-0.2, -0.15) is 0 Å². The summed E-state index contributed by atoms with van der Waals surface area (Å²) in [4.78, 5) is 21.3. The van der Waals surface area contributed by atoms with E-state index in [1.54, 1.807) is 12.4 Å². The van der Waals surface area contributed by atoms with Gasteiger partial charge in [-0.3, -0.25) is 4.90 Å². The zero-order valence-electron chi connectivity index (χ0n) is 13.2. The third-order valence-electron chi connectivity index (χ3n) is 4.38. The molecule has 1 aliphatic heterocycles. The molecule has 1 aliphatic rings. The van der Waals surface area contributed by atoms with Crippen LogP contribution >= 0.6 is 0 Å². The molecule has 2 heterocycles. The number of hydrogen-bond donors (Lipinski definition) is 2. The molecule has 1 fully saturated rings. The van der Waals surface area contributed by atoms with E-state index in [0.717, 1.165) is 11.4 Å². The van der Waals surface area contributed by atoms with Crippen LogP contribution in [0.5, 0.6) is 5.75 Å². The lowest BCUT2D eigenvalue weighted by Crippen LogP contribution is -2.53. The number of nitrogens with one attached hydrogen (secondary N) is 1. The van der Waals surface area contributed by atoms with Gasteiger partial charge in [0.1, 0.15) is 11.6 Å². The number of piperidine rings is 1. The minimum absolute atomic E-state index is 0.456. The average Bonchev–Trinajstić information content (AvgIpc) is 3.04. The number of aryl methyl sites for hydroxylation is 1. The lowest BCUT2D eigenvalue weighted by Gasteiger charge is -2.38. The van der Waals surface area contributed by atoms with E-state index in [9.17, 15) is 9.90 Å². The summed E-state index contributed by atoms with van der Waals surface area (Å²) in [6.07, 6.45) is 4.43. The molecule has 23 heavy (non-hydrogen) atoms. The van der Waals surface area contributed by atoms with E-state index in [2.05, 4.69) is 14.9 Å². The number of aromatic nitrogens is 2. The predicted molar refractivity (Wildman–Crippen MR) is 85.3 cm³/mol. The van der Waals surface area contributed by atoms with Crippen LogP contribution in [0.4, 0.5) is 0 Å². The molecule has 0 radical (unpaired) electrons. The largest absolute Gasteiger partial charge is 0.478 e. The maximum Gasteiger partial charge on any atom is 0.348 e. The third kappa shape index (κ3) is 3.37. The van der Waals surface area contributed by atoms with Crippen LogP contribution in [0.2, 0.25) is 0 Å². The summed E-state index contributed by atoms with van der Waals surface area (Å²) < 4.78 is 5.97. The molecule has 0 saturated carbocycles. The van der Waals surface area contributed by atoms with Crippen LogP contribution < -0.4 is 4.74 Å². The van der Waals surface area contributed by atoms with Crippen LogP contribution in [0.25, 0.3) is 0 Å². The summed E-state index contributed by atoms with van der Waals surface area (Å²) in [5.41, 5.74) is -0.197. The first kappa shape index (κ1) is 15.6. The van der Waals surface area contributed by atoms with Gasteiger partial charge in [-0.1, -0.05) is 18.2 Å². The van der Waals surface area contributed by atoms with E-state index in [0.29, 0.717) is 38.2 Å². The number of likely N-dealkylation sites (tertiary alicyclic amines) is 1. The van der Waals surface area contributed by atoms with E-state index in [1.165, 1.54) is 0 Å². The lowest BCUT2D eigenvalue weighted by molar-refractivity contribution is -0.160. The molecule has 0 unspecified atom stereocenters. The number of para-hydroxylation sites is 1. The predicted octanol–water partition coefficient (Wildman–Crippen LogP) is 2.22. The second kappa shape index (κ2) is 6.42. The molecule has 6 nitrogen and oxygen atoms in total. The number of imidazole rings is 1. The fourth-order valence-electron chi connectivity index (χ4n) is 2.91. The summed E-state index contributed by atoms with van der Waals surface area (Å²) in [6.45, 7) is 3.96. The molecular formula is C17H21N3O3. The molecule has 1 saturated heterocycles. The molecule has 6 heteroatoms. The normalized spacial score (nSPS) is 17.8. The number of aromatic amines is 1. The van der Waals surface area contributed by atoms with Gasteiger partial charge in [0.25, 0.3) is 0 Å². The SMILES string of the molecule is Cc1ccccc1OC1(C(=O)O)CCN(Cc2ncc[nH]2)CC1. The van der Waals surface area contributed by atoms with Crippen LogP contribution in [-0.2, 0) is 11.3 Å². The van der Waals surface area contributed by atoms with E-state index in [1.807, 2.05) is 31.2 Å². The van der Waals surface area contributed by atoms with Gasteiger partial charge >= 0.3 is 5.97 Å². The van der Waals surface area contributed by atoms with Crippen LogP contribution in [-0.4, -0.2) is 44.6 Å². The Bertz CT molecular complexity index is 661. The first-order valence-corrected chi connectivity index (χ1v) is 7.78. The second-order valence-corrected chi connectivity index (χ2v) is 5.98. The highest BCUT2D eigenvalue weighted by molar-refractivity contribution is 5.78. The van der Waals surface area contributed by atoms with Crippen molar-refractivity contribution in [2.24, 2.45) is 0 Å². The Balaban J connectivity index is 1.69. The maximum absolute atomic E-state index is 11.9. The number of rotatable bonds is 5. The van der Waals surface area contributed by atoms with Crippen molar-refractivity contribution < 1.29 is 14.6 Å². The molecule has 1 aromatic heterocycles. The molecule has 2 aromatic rings. The van der Waals surface area contributed by atoms with Crippen molar-refractivity contribution in [1.29, 1.82) is 0 Å². The fraction of sp³-hybridized carbons (Fsp3) is 0.412. The molecule has 1 aromatic carbocycles. The highest BCUT2D eigenvalue weighted by atomic mass is 16.5. The van der Waals surface area contributed by atoms with Crippen molar-refractivity contribution in [2.45, 2.75) is 31.9 Å². The average molecular weight is 315 g/mol. The summed E-state index contributed by atoms with van der Waals surface area (Å²) in [7, 11) is 0. The van der Waals surface area contributed by atoms with Gasteiger partial charge < -0.3 is 14.8 Å². The minimum Gasteiger partial charge on any atom is -0.478 e. The fourth-order valence-corrected chi connectivity index (χ4v) is 2.91. The van der Waals surface area contributed by atoms with Crippen molar-refractivity contribution in [1.82, 2.24) is 14.9 Å². The van der Waals surface area contributed by atoms with Gasteiger partial charge in [-0.05, 0) is 18.6 Å². The van der Waals surface area contributed by atoms with Crippen molar-refractivity contribution >= 4 is 5.97 Å². The number of H-pyrrole nitrogens is 1. The topological polar surface area (TPSA) is 78.5 Å². The number of carbonyl (C=O) groups is 1. The Labute approximate surface area is 135 Å². The van der Waals surface area contributed by atoms with E-state index in [4.69, 9.17) is 4.74 Å². The van der Waals surface area contributed by atoms with Gasteiger partial charge in [-0.15, -0.1) is 0 Å². The Kier molecular flexibility index (Phi) is 4.34. The van der Waals surface area contributed by atoms with Crippen molar-refractivity contribution in [2.75, 3.05) is 13.1 Å². The second-order valence-electron chi connectivity index (χ2n) is 5.98. The van der Waals surface area contributed by atoms with E-state index < -0.39 is 11.6 Å². The molecule has 3 rings (SSSR count). The Morgan fingerprint density at radius 3 is 2.74 bits per heavy atom. The molecule has 122 valence electrons. The molecule has 0 bridgehead atoms. The summed E-state index contributed by atoms with van der Waals surface area (Å²) in [5, 5.41) is 9.72. The minimum atomic E-state index is -1.15. The number of aliphatic carboxylic acids is 1. The number of benzene rings is 1. The van der Waals surface area contributed by atoms with Crippen LogP contribution in [0.1, 0.15) is 24.2 Å². The molecule has 2 N–H and O–H groups in total. The highest BCUT2D eigenvalue weighted by Gasteiger charge is 2.44. The van der Waals surface area contributed by atoms with Gasteiger partial charge in [0, 0.05) is 38.3 Å². The van der Waals surface area contributed by atoms with Crippen molar-refractivity contribution in [3.8, 4) is 5.75 Å². The zero-order valence-corrected chi connectivity index (χ0v) is 13.2. The first-order chi connectivity index (χ1) is 11.1. The summed E-state index contributed by atoms with van der Waals surface area (Å²) >= 11 is 0. The smallest absolute Gasteiger partial charge is 0.348 e. The van der Waals surface area contributed by atoms with Crippen LogP contribution in [0.3, 0.4) is 0 Å². The summed E-state index contributed by atoms with van der Waals surface area (Å²) in [5.74, 6) is 0.653. The van der Waals surface area contributed by atoms with Gasteiger partial charge in [0.2, 0.25) is 5.60 Å². The number of nitrogens with zero attached hydrogens (tertiary/aromatic N) is 2. The quantitative estimate of drug-likeness (QED) is 0.884. The van der Waals surface area contributed by atoms with Gasteiger partial charge in [0.15, 0.2) is 0 Å². The molecule has 0 atom stereocenters. The van der Waals surface area contributed by atoms with Gasteiger partial charge in [0.05, 0.1) is 6.54 Å². The Hall–Kier alpha value is -2.34. The lowest BCUT2D eigenvalue weighted by atomic mass is 9.91. The van der Waals surface area contributed by atoms with Gasteiger partial charge in [-0.25, -0.2) is 9.78 Å². The Morgan fingerprint density at radius 2 is 2.13 bits per heavy atom. The standard InChI is InChI=1S/C17H21N3O3/c1-13-4-2-3-5-14(13)23-17(16(21)22)6-10-20(11-7-17)12-15-18-8-9-19-15/h2-5,8-9H,6-7,10-12H2,1H3,(H,18,19)(H,21,22). The highest BCUT2D eigenvalue weighted by Crippen LogP contribution is 2.31. The van der Waals surface area contributed by atoms with Crippen LogP contribution in [0, 0.1) is 6.92 Å². The molecule has 0 spiro atoms. The van der Waals surface area contributed by atoms with E-state index in [-0.39, 0.29) is 0 Å². The van der Waals surface area contributed by atoms with Crippen molar-refractivity contribution in [3.05, 3.63) is 48.0 Å².